The Kier molecular flexibility index (Phi) is 3.95. The van der Waals surface area contributed by atoms with Crippen molar-refractivity contribution >= 4 is 17.4 Å². The van der Waals surface area contributed by atoms with E-state index in [9.17, 15) is 4.79 Å². The maximum atomic E-state index is 12.0. The Morgan fingerprint density at radius 1 is 1.28 bits per heavy atom. The molecule has 18 heavy (non-hydrogen) atoms. The van der Waals surface area contributed by atoms with Crippen molar-refractivity contribution in [2.45, 2.75) is 6.42 Å². The summed E-state index contributed by atoms with van der Waals surface area (Å²) in [5, 5.41) is 0.476. The van der Waals surface area contributed by atoms with Gasteiger partial charge in [-0.15, -0.1) is 0 Å². The molecule has 0 aliphatic heterocycles. The van der Waals surface area contributed by atoms with Crippen LogP contribution in [0, 0.1) is 0 Å². The van der Waals surface area contributed by atoms with Crippen LogP contribution in [0.4, 0.5) is 0 Å². The highest BCUT2D eigenvalue weighted by molar-refractivity contribution is 6.34. The van der Waals surface area contributed by atoms with Gasteiger partial charge in [0, 0.05) is 24.2 Å². The number of nitrogens with zero attached hydrogens (tertiary/aromatic N) is 1. The summed E-state index contributed by atoms with van der Waals surface area (Å²) in [6.07, 6.45) is 1.91. The molecular formula is C14H12ClNO2. The van der Waals surface area contributed by atoms with Gasteiger partial charge in [-0.05, 0) is 17.7 Å². The molecule has 2 rings (SSSR count). The predicted octanol–water partition coefficient (Wildman–Crippen LogP) is 3.17. The molecule has 0 aliphatic rings. The minimum absolute atomic E-state index is 0.0208. The quantitative estimate of drug-likeness (QED) is 0.794. The lowest BCUT2D eigenvalue weighted by Crippen LogP contribution is -2.04. The van der Waals surface area contributed by atoms with Crippen molar-refractivity contribution in [2.75, 3.05) is 7.11 Å². The summed E-state index contributed by atoms with van der Waals surface area (Å²) in [5.41, 5.74) is 1.37. The van der Waals surface area contributed by atoms with Crippen molar-refractivity contribution in [3.05, 3.63) is 58.7 Å². The molecule has 0 spiro atoms. The fourth-order valence-corrected chi connectivity index (χ4v) is 1.85. The molecule has 0 aliphatic carbocycles. The SMILES string of the molecule is COc1ccc(CC(=O)c2ccccc2Cl)cn1. The number of rotatable bonds is 4. The zero-order chi connectivity index (χ0) is 13.0. The molecule has 0 bridgehead atoms. The van der Waals surface area contributed by atoms with E-state index in [0.717, 1.165) is 5.56 Å². The smallest absolute Gasteiger partial charge is 0.212 e. The van der Waals surface area contributed by atoms with Crippen LogP contribution in [0.15, 0.2) is 42.6 Å². The van der Waals surface area contributed by atoms with Gasteiger partial charge in [0.05, 0.1) is 12.1 Å². The summed E-state index contributed by atoms with van der Waals surface area (Å²) in [4.78, 5) is 16.1. The number of aromatic nitrogens is 1. The van der Waals surface area contributed by atoms with Gasteiger partial charge in [-0.2, -0.15) is 0 Å². The fourth-order valence-electron chi connectivity index (χ4n) is 1.60. The molecule has 0 saturated heterocycles. The number of Topliss-reactive ketones (excluding diaryl/α,β-unsaturated/α-hetero) is 1. The molecule has 2 aromatic rings. The topological polar surface area (TPSA) is 39.2 Å². The van der Waals surface area contributed by atoms with Gasteiger partial charge < -0.3 is 4.74 Å². The van der Waals surface area contributed by atoms with Gasteiger partial charge in [-0.3, -0.25) is 4.79 Å². The number of pyridine rings is 1. The minimum Gasteiger partial charge on any atom is -0.481 e. The van der Waals surface area contributed by atoms with Gasteiger partial charge in [0.2, 0.25) is 5.88 Å². The summed E-state index contributed by atoms with van der Waals surface area (Å²) < 4.78 is 4.96. The van der Waals surface area contributed by atoms with E-state index in [-0.39, 0.29) is 12.2 Å². The number of carbonyl (C=O) groups excluding carboxylic acids is 1. The number of benzene rings is 1. The first-order chi connectivity index (χ1) is 8.70. The molecule has 0 saturated carbocycles. The van der Waals surface area contributed by atoms with Crippen LogP contribution in [0.1, 0.15) is 15.9 Å². The lowest BCUT2D eigenvalue weighted by Gasteiger charge is -2.04. The average Bonchev–Trinajstić information content (AvgIpc) is 2.40. The van der Waals surface area contributed by atoms with Crippen molar-refractivity contribution < 1.29 is 9.53 Å². The van der Waals surface area contributed by atoms with E-state index < -0.39 is 0 Å². The Morgan fingerprint density at radius 3 is 2.67 bits per heavy atom. The van der Waals surface area contributed by atoms with E-state index in [4.69, 9.17) is 16.3 Å². The molecule has 0 unspecified atom stereocenters. The van der Waals surface area contributed by atoms with Crippen LogP contribution >= 0.6 is 11.6 Å². The Labute approximate surface area is 110 Å². The van der Waals surface area contributed by atoms with Crippen LogP contribution in [0.2, 0.25) is 5.02 Å². The maximum Gasteiger partial charge on any atom is 0.212 e. The third-order valence-corrected chi connectivity index (χ3v) is 2.88. The number of carbonyl (C=O) groups is 1. The largest absolute Gasteiger partial charge is 0.481 e. The third-order valence-electron chi connectivity index (χ3n) is 2.55. The van der Waals surface area contributed by atoms with Gasteiger partial charge >= 0.3 is 0 Å². The van der Waals surface area contributed by atoms with Gasteiger partial charge in [-0.1, -0.05) is 29.8 Å². The molecule has 0 N–H and O–H groups in total. The first kappa shape index (κ1) is 12.6. The van der Waals surface area contributed by atoms with Crippen molar-refractivity contribution in [2.24, 2.45) is 0 Å². The fraction of sp³-hybridized carbons (Fsp3) is 0.143. The van der Waals surface area contributed by atoms with E-state index in [1.54, 1.807) is 43.6 Å². The normalized spacial score (nSPS) is 10.1. The van der Waals surface area contributed by atoms with Crippen LogP contribution in [0.25, 0.3) is 0 Å². The molecular weight excluding hydrogens is 250 g/mol. The van der Waals surface area contributed by atoms with Crippen LogP contribution in [0.5, 0.6) is 5.88 Å². The number of hydrogen-bond acceptors (Lipinski definition) is 3. The number of halogens is 1. The lowest BCUT2D eigenvalue weighted by molar-refractivity contribution is 0.0993. The number of hydrogen-bond donors (Lipinski definition) is 0. The highest BCUT2D eigenvalue weighted by atomic mass is 35.5. The van der Waals surface area contributed by atoms with Gasteiger partial charge in [0.1, 0.15) is 0 Å². The average molecular weight is 262 g/mol. The van der Waals surface area contributed by atoms with E-state index >= 15 is 0 Å². The van der Waals surface area contributed by atoms with Crippen molar-refractivity contribution in [1.29, 1.82) is 0 Å². The molecule has 4 heteroatoms. The maximum absolute atomic E-state index is 12.0. The van der Waals surface area contributed by atoms with Crippen molar-refractivity contribution in [1.82, 2.24) is 4.98 Å². The summed E-state index contributed by atoms with van der Waals surface area (Å²) in [6.45, 7) is 0. The zero-order valence-corrected chi connectivity index (χ0v) is 10.6. The Hall–Kier alpha value is -1.87. The van der Waals surface area contributed by atoms with Gasteiger partial charge in [0.25, 0.3) is 0 Å². The van der Waals surface area contributed by atoms with Crippen LogP contribution < -0.4 is 4.74 Å². The van der Waals surface area contributed by atoms with Crippen LogP contribution in [-0.2, 0) is 6.42 Å². The molecule has 0 radical (unpaired) electrons. The summed E-state index contributed by atoms with van der Waals surface area (Å²) in [7, 11) is 1.55. The summed E-state index contributed by atoms with van der Waals surface area (Å²) in [6, 6.07) is 10.6. The predicted molar refractivity (Wildman–Crippen MR) is 70.3 cm³/mol. The number of ether oxygens (including phenoxy) is 1. The Morgan fingerprint density at radius 2 is 2.06 bits per heavy atom. The standard InChI is InChI=1S/C14H12ClNO2/c1-18-14-7-6-10(9-16-14)8-13(17)11-4-2-3-5-12(11)15/h2-7,9H,8H2,1H3. The molecule has 3 nitrogen and oxygen atoms in total. The number of methoxy groups -OCH3 is 1. The molecule has 1 heterocycles. The van der Waals surface area contributed by atoms with Crippen molar-refractivity contribution in [3.8, 4) is 5.88 Å². The second-order valence-electron chi connectivity index (χ2n) is 3.79. The van der Waals surface area contributed by atoms with Gasteiger partial charge in [-0.25, -0.2) is 4.98 Å². The van der Waals surface area contributed by atoms with E-state index in [2.05, 4.69) is 4.98 Å². The molecule has 0 fully saturated rings. The monoisotopic (exact) mass is 261 g/mol. The molecule has 92 valence electrons. The van der Waals surface area contributed by atoms with Gasteiger partial charge in [0.15, 0.2) is 5.78 Å². The highest BCUT2D eigenvalue weighted by Crippen LogP contribution is 2.17. The molecule has 1 aromatic carbocycles. The first-order valence-corrected chi connectivity index (χ1v) is 5.85. The van der Waals surface area contributed by atoms with E-state index in [1.165, 1.54) is 0 Å². The second-order valence-corrected chi connectivity index (χ2v) is 4.20. The van der Waals surface area contributed by atoms with E-state index in [1.807, 2.05) is 6.07 Å². The zero-order valence-electron chi connectivity index (χ0n) is 9.89. The third kappa shape index (κ3) is 2.87. The molecule has 1 aromatic heterocycles. The minimum atomic E-state index is -0.0208. The van der Waals surface area contributed by atoms with E-state index in [0.29, 0.717) is 16.5 Å². The number of ketones is 1. The summed E-state index contributed by atoms with van der Waals surface area (Å²) in [5.74, 6) is 0.511. The molecule has 0 atom stereocenters. The van der Waals surface area contributed by atoms with Crippen molar-refractivity contribution in [3.63, 3.8) is 0 Å². The first-order valence-electron chi connectivity index (χ1n) is 5.47. The Balaban J connectivity index is 2.14. The van der Waals surface area contributed by atoms with Crippen LogP contribution in [-0.4, -0.2) is 17.9 Å². The highest BCUT2D eigenvalue weighted by Gasteiger charge is 2.10. The molecule has 0 amide bonds. The second kappa shape index (κ2) is 5.65. The summed E-state index contributed by atoms with van der Waals surface area (Å²) >= 11 is 5.98. The Bertz CT molecular complexity index is 552. The lowest BCUT2D eigenvalue weighted by atomic mass is 10.0. The van der Waals surface area contributed by atoms with Crippen LogP contribution in [0.3, 0.4) is 0 Å².